The molecule has 4 N–H and O–H groups in total. The number of benzene rings is 2. The van der Waals surface area contributed by atoms with E-state index in [2.05, 4.69) is 31.5 Å². The molecule has 148 valence electrons. The molecule has 0 bridgehead atoms. The number of rotatable bonds is 5. The Balaban J connectivity index is 1.69. The van der Waals surface area contributed by atoms with Crippen LogP contribution in [0.4, 0.5) is 20.6 Å². The van der Waals surface area contributed by atoms with E-state index >= 15 is 0 Å². The van der Waals surface area contributed by atoms with Crippen molar-refractivity contribution in [2.45, 2.75) is 0 Å². The van der Waals surface area contributed by atoms with Crippen LogP contribution in [0.3, 0.4) is 0 Å². The zero-order chi connectivity index (χ0) is 21.0. The predicted octanol–water partition coefficient (Wildman–Crippen LogP) is 5.17. The largest absolute Gasteiger partial charge is 0.457 e. The van der Waals surface area contributed by atoms with Gasteiger partial charge in [0.15, 0.2) is 0 Å². The smallest absolute Gasteiger partial charge is 0.323 e. The lowest BCUT2D eigenvalue weighted by atomic mass is 10.2. The number of ether oxygens (including phenoxy) is 1. The second-order valence-corrected chi connectivity index (χ2v) is 7.01. The Morgan fingerprint density at radius 3 is 2.48 bits per heavy atom. The molecule has 29 heavy (non-hydrogen) atoms. The van der Waals surface area contributed by atoms with Crippen molar-refractivity contribution in [2.75, 3.05) is 10.6 Å². The van der Waals surface area contributed by atoms with Crippen molar-refractivity contribution in [1.29, 1.82) is 0 Å². The van der Waals surface area contributed by atoms with Gasteiger partial charge in [-0.25, -0.2) is 9.18 Å². The molecule has 0 saturated carbocycles. The number of hydrogen-bond donors (Lipinski definition) is 3. The molecule has 0 spiro atoms. The monoisotopic (exact) mass is 478 g/mol. The lowest BCUT2D eigenvalue weighted by molar-refractivity contribution is 0.0995. The molecule has 0 radical (unpaired) electrons. The summed E-state index contributed by atoms with van der Waals surface area (Å²) in [4.78, 5) is 27.1. The highest BCUT2D eigenvalue weighted by Gasteiger charge is 2.11. The Hall–Kier alpha value is -3.17. The number of nitrogens with two attached hydrogens (primary N) is 1. The van der Waals surface area contributed by atoms with Gasteiger partial charge in [-0.2, -0.15) is 0 Å². The number of carbonyl (C=O) groups is 2. The summed E-state index contributed by atoms with van der Waals surface area (Å²) in [6.45, 7) is 0. The van der Waals surface area contributed by atoms with Crippen LogP contribution in [0.15, 0.2) is 59.2 Å². The van der Waals surface area contributed by atoms with E-state index in [9.17, 15) is 14.0 Å². The zero-order valence-electron chi connectivity index (χ0n) is 14.6. The van der Waals surface area contributed by atoms with E-state index in [4.69, 9.17) is 22.1 Å². The maximum absolute atomic E-state index is 14.4. The van der Waals surface area contributed by atoms with Gasteiger partial charge in [-0.15, -0.1) is 0 Å². The number of pyridine rings is 1. The second-order valence-electron chi connectivity index (χ2n) is 5.69. The molecule has 0 saturated heterocycles. The lowest BCUT2D eigenvalue weighted by Gasteiger charge is -2.11. The minimum absolute atomic E-state index is 0.0177. The maximum Gasteiger partial charge on any atom is 0.323 e. The standard InChI is InChI=1S/C19H13BrClFN4O3/c20-10-1-3-13(21)16(7-10)26-19(28)25-15-4-2-11(8-14(15)22)29-12-5-6-24-17(9-12)18(23)27/h1-9H,(H2,23,27)(H2,25,26,28). The molecular weight excluding hydrogens is 467 g/mol. The number of urea groups is 1. The Morgan fingerprint density at radius 2 is 1.76 bits per heavy atom. The van der Waals surface area contributed by atoms with Crippen LogP contribution in [-0.2, 0) is 0 Å². The number of hydrogen-bond acceptors (Lipinski definition) is 4. The van der Waals surface area contributed by atoms with Crippen molar-refractivity contribution in [1.82, 2.24) is 4.98 Å². The minimum Gasteiger partial charge on any atom is -0.457 e. The summed E-state index contributed by atoms with van der Waals surface area (Å²) in [5, 5.41) is 5.27. The molecule has 0 fully saturated rings. The molecule has 1 heterocycles. The van der Waals surface area contributed by atoms with Crippen molar-refractivity contribution in [2.24, 2.45) is 5.73 Å². The van der Waals surface area contributed by atoms with Gasteiger partial charge >= 0.3 is 6.03 Å². The van der Waals surface area contributed by atoms with Crippen LogP contribution in [0.5, 0.6) is 11.5 Å². The molecule has 0 aliphatic heterocycles. The maximum atomic E-state index is 14.4. The lowest BCUT2D eigenvalue weighted by Crippen LogP contribution is -2.20. The fourth-order valence-electron chi connectivity index (χ4n) is 2.28. The van der Waals surface area contributed by atoms with Crippen LogP contribution in [0.2, 0.25) is 5.02 Å². The second kappa shape index (κ2) is 8.89. The summed E-state index contributed by atoms with van der Waals surface area (Å²) in [6, 6.07) is 11.0. The first-order valence-corrected chi connectivity index (χ1v) is 9.25. The number of halogens is 3. The molecular formula is C19H13BrClFN4O3. The Bertz CT molecular complexity index is 1100. The molecule has 10 heteroatoms. The summed E-state index contributed by atoms with van der Waals surface area (Å²) in [6.07, 6.45) is 1.35. The van der Waals surface area contributed by atoms with Gasteiger partial charge in [-0.05, 0) is 36.4 Å². The van der Waals surface area contributed by atoms with Crippen LogP contribution in [0.1, 0.15) is 10.5 Å². The fourth-order valence-corrected chi connectivity index (χ4v) is 2.80. The number of nitrogens with one attached hydrogen (secondary N) is 2. The molecule has 7 nitrogen and oxygen atoms in total. The van der Waals surface area contributed by atoms with Gasteiger partial charge in [-0.1, -0.05) is 27.5 Å². The quantitative estimate of drug-likeness (QED) is 0.469. The van der Waals surface area contributed by atoms with E-state index in [1.165, 1.54) is 30.5 Å². The number of nitrogens with zero attached hydrogens (tertiary/aromatic N) is 1. The van der Waals surface area contributed by atoms with Crippen LogP contribution < -0.4 is 21.1 Å². The van der Waals surface area contributed by atoms with Gasteiger partial charge < -0.3 is 21.1 Å². The normalized spacial score (nSPS) is 10.3. The van der Waals surface area contributed by atoms with Gasteiger partial charge in [0.2, 0.25) is 0 Å². The molecule has 3 amide bonds. The van der Waals surface area contributed by atoms with Crippen molar-refractivity contribution >= 4 is 50.8 Å². The first kappa shape index (κ1) is 20.6. The SMILES string of the molecule is NC(=O)c1cc(Oc2ccc(NC(=O)Nc3cc(Br)ccc3Cl)c(F)c2)ccn1. The summed E-state index contributed by atoms with van der Waals surface area (Å²) < 4.78 is 20.6. The van der Waals surface area contributed by atoms with E-state index < -0.39 is 17.8 Å². The summed E-state index contributed by atoms with van der Waals surface area (Å²) >= 11 is 9.29. The third-order valence-corrected chi connectivity index (χ3v) is 4.41. The van der Waals surface area contributed by atoms with Crippen molar-refractivity contribution in [3.05, 3.63) is 75.7 Å². The predicted molar refractivity (Wildman–Crippen MR) is 111 cm³/mol. The van der Waals surface area contributed by atoms with E-state index in [0.29, 0.717) is 10.7 Å². The molecule has 0 aliphatic rings. The summed E-state index contributed by atoms with van der Waals surface area (Å²) in [7, 11) is 0. The highest BCUT2D eigenvalue weighted by Crippen LogP contribution is 2.28. The molecule has 2 aromatic carbocycles. The van der Waals surface area contributed by atoms with Crippen LogP contribution in [0, 0.1) is 5.82 Å². The van der Waals surface area contributed by atoms with E-state index in [-0.39, 0.29) is 22.9 Å². The summed E-state index contributed by atoms with van der Waals surface area (Å²) in [5.74, 6) is -1.01. The molecule has 1 aromatic heterocycles. The first-order valence-electron chi connectivity index (χ1n) is 8.08. The summed E-state index contributed by atoms with van der Waals surface area (Å²) in [5.41, 5.74) is 5.48. The fraction of sp³-hybridized carbons (Fsp3) is 0. The number of aromatic nitrogens is 1. The van der Waals surface area contributed by atoms with Crippen molar-refractivity contribution in [3.8, 4) is 11.5 Å². The number of primary amides is 1. The Morgan fingerprint density at radius 1 is 1.03 bits per heavy atom. The Labute approximate surface area is 178 Å². The van der Waals surface area contributed by atoms with E-state index in [1.807, 2.05) is 0 Å². The molecule has 0 unspecified atom stereocenters. The number of carbonyl (C=O) groups excluding carboxylic acids is 2. The van der Waals surface area contributed by atoms with Gasteiger partial charge in [0, 0.05) is 22.8 Å². The third kappa shape index (κ3) is 5.43. The van der Waals surface area contributed by atoms with Crippen LogP contribution in [0.25, 0.3) is 0 Å². The van der Waals surface area contributed by atoms with Gasteiger partial charge in [0.1, 0.15) is 23.0 Å². The molecule has 3 rings (SSSR count). The highest BCUT2D eigenvalue weighted by atomic mass is 79.9. The van der Waals surface area contributed by atoms with Crippen LogP contribution in [-0.4, -0.2) is 16.9 Å². The molecule has 0 atom stereocenters. The van der Waals surface area contributed by atoms with Crippen LogP contribution >= 0.6 is 27.5 Å². The topological polar surface area (TPSA) is 106 Å². The van der Waals surface area contributed by atoms with E-state index in [1.54, 1.807) is 18.2 Å². The van der Waals surface area contributed by atoms with Gasteiger partial charge in [-0.3, -0.25) is 9.78 Å². The first-order chi connectivity index (χ1) is 13.8. The van der Waals surface area contributed by atoms with E-state index in [0.717, 1.165) is 10.5 Å². The molecule has 3 aromatic rings. The average molecular weight is 480 g/mol. The van der Waals surface area contributed by atoms with Crippen molar-refractivity contribution < 1.29 is 18.7 Å². The highest BCUT2D eigenvalue weighted by molar-refractivity contribution is 9.10. The Kier molecular flexibility index (Phi) is 6.30. The average Bonchev–Trinajstić information content (AvgIpc) is 2.67. The number of anilines is 2. The number of amides is 3. The van der Waals surface area contributed by atoms with Crippen molar-refractivity contribution in [3.63, 3.8) is 0 Å². The zero-order valence-corrected chi connectivity index (χ0v) is 16.9. The minimum atomic E-state index is -0.720. The van der Waals surface area contributed by atoms with Gasteiger partial charge in [0.25, 0.3) is 5.91 Å². The third-order valence-electron chi connectivity index (χ3n) is 3.58. The van der Waals surface area contributed by atoms with Gasteiger partial charge in [0.05, 0.1) is 16.4 Å². The molecule has 0 aliphatic carbocycles.